The van der Waals surface area contributed by atoms with Crippen LogP contribution >= 0.6 is 0 Å². The van der Waals surface area contributed by atoms with Crippen LogP contribution < -0.4 is 0 Å². The van der Waals surface area contributed by atoms with Gasteiger partial charge >= 0.3 is 0 Å². The van der Waals surface area contributed by atoms with E-state index < -0.39 is 0 Å². The standard InChI is InChI=1S/C16H20N4O2/c1-3-20-7-6-14(18-20)16(21)19-8-9-22-15(11-19)13-5-4-12(2)10-17-13/h4-7,10,15H,3,8-9,11H2,1-2H3. The van der Waals surface area contributed by atoms with Crippen molar-refractivity contribution in [2.24, 2.45) is 0 Å². The topological polar surface area (TPSA) is 60.2 Å². The quantitative estimate of drug-likeness (QED) is 0.867. The molecule has 116 valence electrons. The normalized spacial score (nSPS) is 18.5. The SMILES string of the molecule is CCn1ccc(C(=O)N2CCOC(c3ccc(C)cn3)C2)n1. The van der Waals surface area contributed by atoms with Crippen LogP contribution in [0.25, 0.3) is 0 Å². The fourth-order valence-electron chi connectivity index (χ4n) is 2.50. The monoisotopic (exact) mass is 300 g/mol. The first-order valence-corrected chi connectivity index (χ1v) is 7.54. The van der Waals surface area contributed by atoms with Crippen LogP contribution in [0.1, 0.15) is 34.8 Å². The molecule has 0 radical (unpaired) electrons. The van der Waals surface area contributed by atoms with Gasteiger partial charge in [0.2, 0.25) is 0 Å². The fourth-order valence-corrected chi connectivity index (χ4v) is 2.50. The molecule has 1 aliphatic heterocycles. The van der Waals surface area contributed by atoms with Crippen molar-refractivity contribution in [2.75, 3.05) is 19.7 Å². The highest BCUT2D eigenvalue weighted by atomic mass is 16.5. The van der Waals surface area contributed by atoms with Crippen molar-refractivity contribution in [1.29, 1.82) is 0 Å². The third kappa shape index (κ3) is 3.01. The number of aryl methyl sites for hydroxylation is 2. The molecule has 1 saturated heterocycles. The van der Waals surface area contributed by atoms with E-state index in [0.29, 0.717) is 25.4 Å². The first kappa shape index (κ1) is 14.7. The summed E-state index contributed by atoms with van der Waals surface area (Å²) in [6.45, 7) is 6.36. The summed E-state index contributed by atoms with van der Waals surface area (Å²) in [6.07, 6.45) is 3.47. The molecule has 0 spiro atoms. The summed E-state index contributed by atoms with van der Waals surface area (Å²) in [4.78, 5) is 18.7. The molecular weight excluding hydrogens is 280 g/mol. The van der Waals surface area contributed by atoms with E-state index in [4.69, 9.17) is 4.74 Å². The molecule has 0 N–H and O–H groups in total. The van der Waals surface area contributed by atoms with Gasteiger partial charge < -0.3 is 9.64 Å². The predicted molar refractivity (Wildman–Crippen MR) is 81.5 cm³/mol. The maximum Gasteiger partial charge on any atom is 0.274 e. The van der Waals surface area contributed by atoms with Crippen LogP contribution in [0.4, 0.5) is 0 Å². The Hall–Kier alpha value is -2.21. The summed E-state index contributed by atoms with van der Waals surface area (Å²) < 4.78 is 7.52. The highest BCUT2D eigenvalue weighted by molar-refractivity contribution is 5.92. The predicted octanol–water partition coefficient (Wildman–Crippen LogP) is 1.82. The van der Waals surface area contributed by atoms with Crippen molar-refractivity contribution in [3.63, 3.8) is 0 Å². The van der Waals surface area contributed by atoms with E-state index in [1.54, 1.807) is 15.6 Å². The molecule has 2 aromatic rings. The van der Waals surface area contributed by atoms with Crippen molar-refractivity contribution < 1.29 is 9.53 Å². The number of nitrogens with zero attached hydrogens (tertiary/aromatic N) is 4. The number of ether oxygens (including phenoxy) is 1. The van der Waals surface area contributed by atoms with Gasteiger partial charge in [0.25, 0.3) is 5.91 Å². The molecule has 1 amide bonds. The second-order valence-electron chi connectivity index (χ2n) is 5.43. The van der Waals surface area contributed by atoms with Crippen LogP contribution in [0.15, 0.2) is 30.6 Å². The lowest BCUT2D eigenvalue weighted by Crippen LogP contribution is -2.42. The first-order valence-electron chi connectivity index (χ1n) is 7.54. The van der Waals surface area contributed by atoms with E-state index in [1.165, 1.54) is 0 Å². The van der Waals surface area contributed by atoms with Gasteiger partial charge in [-0.1, -0.05) is 6.07 Å². The van der Waals surface area contributed by atoms with E-state index in [9.17, 15) is 4.79 Å². The maximum atomic E-state index is 12.5. The third-order valence-electron chi connectivity index (χ3n) is 3.80. The average Bonchev–Trinajstić information content (AvgIpc) is 3.04. The Bertz CT molecular complexity index is 650. The minimum Gasteiger partial charge on any atom is -0.368 e. The zero-order valence-corrected chi connectivity index (χ0v) is 12.9. The van der Waals surface area contributed by atoms with Crippen molar-refractivity contribution in [1.82, 2.24) is 19.7 Å². The number of morpholine rings is 1. The van der Waals surface area contributed by atoms with Gasteiger partial charge in [0.15, 0.2) is 0 Å². The van der Waals surface area contributed by atoms with E-state index in [2.05, 4.69) is 10.1 Å². The fraction of sp³-hybridized carbons (Fsp3) is 0.438. The molecule has 6 heteroatoms. The molecule has 1 unspecified atom stereocenters. The van der Waals surface area contributed by atoms with Gasteiger partial charge in [0.1, 0.15) is 11.8 Å². The second kappa shape index (κ2) is 6.27. The number of pyridine rings is 1. The number of hydrogen-bond donors (Lipinski definition) is 0. The molecule has 0 saturated carbocycles. The number of hydrogen-bond acceptors (Lipinski definition) is 4. The molecule has 3 heterocycles. The van der Waals surface area contributed by atoms with Crippen LogP contribution in [0.5, 0.6) is 0 Å². The molecule has 22 heavy (non-hydrogen) atoms. The first-order chi connectivity index (χ1) is 10.7. The molecular formula is C16H20N4O2. The van der Waals surface area contributed by atoms with E-state index >= 15 is 0 Å². The lowest BCUT2D eigenvalue weighted by molar-refractivity contribution is -0.0249. The Kier molecular flexibility index (Phi) is 4.20. The lowest BCUT2D eigenvalue weighted by Gasteiger charge is -2.32. The van der Waals surface area contributed by atoms with Crippen LogP contribution in [-0.4, -0.2) is 45.3 Å². The zero-order valence-electron chi connectivity index (χ0n) is 12.9. The molecule has 0 aliphatic carbocycles. The smallest absolute Gasteiger partial charge is 0.274 e. The summed E-state index contributed by atoms with van der Waals surface area (Å²) in [5, 5.41) is 4.28. The average molecular weight is 300 g/mol. The summed E-state index contributed by atoms with van der Waals surface area (Å²) in [5.74, 6) is -0.0485. The van der Waals surface area contributed by atoms with Gasteiger partial charge in [-0.25, -0.2) is 0 Å². The summed E-state index contributed by atoms with van der Waals surface area (Å²) in [5.41, 5.74) is 2.46. The Balaban J connectivity index is 1.72. The van der Waals surface area contributed by atoms with Crippen LogP contribution in [0.2, 0.25) is 0 Å². The summed E-state index contributed by atoms with van der Waals surface area (Å²) >= 11 is 0. The Morgan fingerprint density at radius 1 is 1.41 bits per heavy atom. The zero-order chi connectivity index (χ0) is 15.5. The van der Waals surface area contributed by atoms with Crippen molar-refractivity contribution in [2.45, 2.75) is 26.5 Å². The minimum atomic E-state index is -0.174. The minimum absolute atomic E-state index is 0.0485. The largest absolute Gasteiger partial charge is 0.368 e. The molecule has 1 atom stereocenters. The van der Waals surface area contributed by atoms with Gasteiger partial charge in [0, 0.05) is 25.5 Å². The Morgan fingerprint density at radius 3 is 2.95 bits per heavy atom. The number of rotatable bonds is 3. The molecule has 3 rings (SSSR count). The number of amides is 1. The molecule has 2 aromatic heterocycles. The molecule has 1 fully saturated rings. The van der Waals surface area contributed by atoms with Gasteiger partial charge in [-0.05, 0) is 31.5 Å². The number of carbonyl (C=O) groups excluding carboxylic acids is 1. The van der Waals surface area contributed by atoms with Crippen molar-refractivity contribution >= 4 is 5.91 Å². The molecule has 0 aromatic carbocycles. The van der Waals surface area contributed by atoms with Crippen molar-refractivity contribution in [3.05, 3.63) is 47.5 Å². The van der Waals surface area contributed by atoms with Gasteiger partial charge in [-0.2, -0.15) is 5.10 Å². The highest BCUT2D eigenvalue weighted by Gasteiger charge is 2.27. The molecule has 6 nitrogen and oxygen atoms in total. The molecule has 0 bridgehead atoms. The maximum absolute atomic E-state index is 12.5. The number of aromatic nitrogens is 3. The van der Waals surface area contributed by atoms with E-state index in [-0.39, 0.29) is 12.0 Å². The second-order valence-corrected chi connectivity index (χ2v) is 5.43. The summed E-state index contributed by atoms with van der Waals surface area (Å²) in [7, 11) is 0. The van der Waals surface area contributed by atoms with E-state index in [1.807, 2.05) is 38.4 Å². The van der Waals surface area contributed by atoms with Crippen LogP contribution in [-0.2, 0) is 11.3 Å². The highest BCUT2D eigenvalue weighted by Crippen LogP contribution is 2.21. The third-order valence-corrected chi connectivity index (χ3v) is 3.80. The van der Waals surface area contributed by atoms with Crippen LogP contribution in [0.3, 0.4) is 0 Å². The summed E-state index contributed by atoms with van der Waals surface area (Å²) in [6, 6.07) is 5.73. The van der Waals surface area contributed by atoms with Gasteiger partial charge in [-0.3, -0.25) is 14.5 Å². The Labute approximate surface area is 129 Å². The molecule has 1 aliphatic rings. The van der Waals surface area contributed by atoms with Gasteiger partial charge in [0.05, 0.1) is 18.8 Å². The van der Waals surface area contributed by atoms with E-state index in [0.717, 1.165) is 17.8 Å². The number of carbonyl (C=O) groups is 1. The lowest BCUT2D eigenvalue weighted by atomic mass is 10.1. The van der Waals surface area contributed by atoms with Crippen LogP contribution in [0, 0.1) is 6.92 Å². The Morgan fingerprint density at radius 2 is 2.27 bits per heavy atom. The van der Waals surface area contributed by atoms with Crippen molar-refractivity contribution in [3.8, 4) is 0 Å². The van der Waals surface area contributed by atoms with Gasteiger partial charge in [-0.15, -0.1) is 0 Å².